The molecule has 0 fully saturated rings. The molecule has 1 unspecified atom stereocenters. The molecular formula is C27H31NO4S. The highest BCUT2D eigenvalue weighted by molar-refractivity contribution is 7.91. The van der Waals surface area contributed by atoms with Gasteiger partial charge >= 0.3 is 0 Å². The quantitative estimate of drug-likeness (QED) is 0.410. The molecule has 0 aromatic heterocycles. The molecule has 1 N–H and O–H groups in total. The third-order valence-corrected chi connectivity index (χ3v) is 8.07. The van der Waals surface area contributed by atoms with Gasteiger partial charge in [0.15, 0.2) is 15.6 Å². The first kappa shape index (κ1) is 24.7. The van der Waals surface area contributed by atoms with Crippen LogP contribution in [0.4, 0.5) is 0 Å². The molecule has 5 nitrogen and oxygen atoms in total. The Kier molecular flexibility index (Phi) is 8.06. The summed E-state index contributed by atoms with van der Waals surface area (Å²) in [6, 6.07) is 20.3. The second kappa shape index (κ2) is 10.8. The average Bonchev–Trinajstić information content (AvgIpc) is 2.82. The molecule has 0 saturated carbocycles. The van der Waals surface area contributed by atoms with Gasteiger partial charge in [-0.15, -0.1) is 0 Å². The molecule has 0 amide bonds. The Morgan fingerprint density at radius 3 is 2.18 bits per heavy atom. The lowest BCUT2D eigenvalue weighted by molar-refractivity contribution is 0.0980. The summed E-state index contributed by atoms with van der Waals surface area (Å²) in [5.74, 6) is -0.124. The van der Waals surface area contributed by atoms with Crippen LogP contribution in [0.25, 0.3) is 0 Å². The standard InChI is InChI=1S/C27H31NO4S/c1-4-28(5-2)19-23-17-22(13-16-25(23)29)27(18-26(30)21-9-7-6-8-10-21)33(31,32)24-14-11-20(3)12-15-24/h6-17,27,29H,4-5,18-19H2,1-3H3. The number of hydrogen-bond acceptors (Lipinski definition) is 5. The van der Waals surface area contributed by atoms with Gasteiger partial charge in [-0.3, -0.25) is 9.69 Å². The van der Waals surface area contributed by atoms with E-state index >= 15 is 0 Å². The first-order valence-corrected chi connectivity index (χ1v) is 12.7. The van der Waals surface area contributed by atoms with E-state index in [2.05, 4.69) is 4.90 Å². The summed E-state index contributed by atoms with van der Waals surface area (Å²) in [5.41, 5.74) is 2.58. The molecule has 3 rings (SSSR count). The number of phenols is 1. The van der Waals surface area contributed by atoms with Crippen molar-refractivity contribution in [2.75, 3.05) is 13.1 Å². The molecule has 0 saturated heterocycles. The maximum atomic E-state index is 13.7. The molecule has 0 bridgehead atoms. The Labute approximate surface area is 196 Å². The number of carbonyl (C=O) groups is 1. The Morgan fingerprint density at radius 2 is 1.58 bits per heavy atom. The Hall–Kier alpha value is -2.96. The molecule has 0 aliphatic rings. The van der Waals surface area contributed by atoms with Gasteiger partial charge in [-0.1, -0.05) is 67.9 Å². The molecule has 3 aromatic carbocycles. The molecule has 1 atom stereocenters. The van der Waals surface area contributed by atoms with E-state index in [4.69, 9.17) is 0 Å². The van der Waals surface area contributed by atoms with Crippen molar-refractivity contribution in [3.8, 4) is 5.75 Å². The topological polar surface area (TPSA) is 74.7 Å². The van der Waals surface area contributed by atoms with E-state index < -0.39 is 15.1 Å². The van der Waals surface area contributed by atoms with E-state index in [-0.39, 0.29) is 22.8 Å². The van der Waals surface area contributed by atoms with E-state index in [1.807, 2.05) is 26.8 Å². The fourth-order valence-electron chi connectivity index (χ4n) is 3.83. The van der Waals surface area contributed by atoms with Gasteiger partial charge in [-0.05, 0) is 49.8 Å². The lowest BCUT2D eigenvalue weighted by Gasteiger charge is -2.22. The third-order valence-electron chi connectivity index (χ3n) is 5.95. The van der Waals surface area contributed by atoms with Gasteiger partial charge in [-0.25, -0.2) is 8.42 Å². The number of aromatic hydroxyl groups is 1. The van der Waals surface area contributed by atoms with Crippen molar-refractivity contribution in [2.45, 2.75) is 43.9 Å². The number of carbonyl (C=O) groups excluding carboxylic acids is 1. The van der Waals surface area contributed by atoms with E-state index in [0.717, 1.165) is 18.7 Å². The van der Waals surface area contributed by atoms with Gasteiger partial charge in [0.25, 0.3) is 0 Å². The van der Waals surface area contributed by atoms with Gasteiger partial charge in [0.05, 0.1) is 10.1 Å². The Balaban J connectivity index is 2.07. The van der Waals surface area contributed by atoms with Crippen molar-refractivity contribution in [3.05, 3.63) is 95.1 Å². The number of nitrogens with zero attached hydrogens (tertiary/aromatic N) is 1. The maximum Gasteiger partial charge on any atom is 0.185 e. The molecule has 174 valence electrons. The fourth-order valence-corrected chi connectivity index (χ4v) is 5.55. The van der Waals surface area contributed by atoms with Crippen molar-refractivity contribution in [3.63, 3.8) is 0 Å². The number of benzene rings is 3. The van der Waals surface area contributed by atoms with Crippen molar-refractivity contribution in [2.24, 2.45) is 0 Å². The summed E-state index contributed by atoms with van der Waals surface area (Å²) in [6.07, 6.45) is -0.185. The van der Waals surface area contributed by atoms with E-state index in [0.29, 0.717) is 23.2 Å². The van der Waals surface area contributed by atoms with E-state index in [9.17, 15) is 18.3 Å². The first-order chi connectivity index (χ1) is 15.8. The lowest BCUT2D eigenvalue weighted by Crippen LogP contribution is -2.23. The fraction of sp³-hybridized carbons (Fsp3) is 0.296. The second-order valence-corrected chi connectivity index (χ2v) is 10.3. The van der Waals surface area contributed by atoms with Crippen LogP contribution in [0.1, 0.15) is 52.6 Å². The predicted octanol–water partition coefficient (Wildman–Crippen LogP) is 5.33. The average molecular weight is 466 g/mol. The number of Topliss-reactive ketones (excluding diaryl/α,β-unsaturated/α-hetero) is 1. The van der Waals surface area contributed by atoms with Crippen LogP contribution < -0.4 is 0 Å². The van der Waals surface area contributed by atoms with Gasteiger partial charge in [-0.2, -0.15) is 0 Å². The highest BCUT2D eigenvalue weighted by Gasteiger charge is 2.32. The van der Waals surface area contributed by atoms with Gasteiger partial charge in [0.2, 0.25) is 0 Å². The lowest BCUT2D eigenvalue weighted by atomic mass is 10.00. The van der Waals surface area contributed by atoms with Crippen LogP contribution in [0.2, 0.25) is 0 Å². The molecule has 0 spiro atoms. The zero-order valence-electron chi connectivity index (χ0n) is 19.4. The highest BCUT2D eigenvalue weighted by atomic mass is 32.2. The first-order valence-electron chi connectivity index (χ1n) is 11.2. The number of phenolic OH excluding ortho intramolecular Hbond substituents is 1. The van der Waals surface area contributed by atoms with Gasteiger partial charge < -0.3 is 5.11 Å². The number of aryl methyl sites for hydroxylation is 1. The number of ketones is 1. The van der Waals surface area contributed by atoms with Crippen molar-refractivity contribution in [1.82, 2.24) is 4.90 Å². The largest absolute Gasteiger partial charge is 0.508 e. The SMILES string of the molecule is CCN(CC)Cc1cc(C(CC(=O)c2ccccc2)S(=O)(=O)c2ccc(C)cc2)ccc1O. The minimum atomic E-state index is -3.86. The molecular weight excluding hydrogens is 434 g/mol. The summed E-state index contributed by atoms with van der Waals surface area (Å²) in [4.78, 5) is 15.4. The number of rotatable bonds is 10. The van der Waals surface area contributed by atoms with E-state index in [1.54, 1.807) is 60.7 Å². The minimum absolute atomic E-state index is 0.117. The summed E-state index contributed by atoms with van der Waals surface area (Å²) in [6.45, 7) is 8.07. The van der Waals surface area contributed by atoms with Crippen LogP contribution >= 0.6 is 0 Å². The third kappa shape index (κ3) is 5.89. The summed E-state index contributed by atoms with van der Waals surface area (Å²) < 4.78 is 27.4. The zero-order valence-corrected chi connectivity index (χ0v) is 20.2. The Bertz CT molecular complexity index is 1180. The van der Waals surface area contributed by atoms with Crippen molar-refractivity contribution >= 4 is 15.6 Å². The van der Waals surface area contributed by atoms with E-state index in [1.165, 1.54) is 6.07 Å². The van der Waals surface area contributed by atoms with Gasteiger partial charge in [0.1, 0.15) is 5.75 Å². The summed E-state index contributed by atoms with van der Waals surface area (Å²) in [5, 5.41) is 9.36. The molecule has 3 aromatic rings. The molecule has 0 aliphatic carbocycles. The van der Waals surface area contributed by atoms with Crippen LogP contribution in [-0.2, 0) is 16.4 Å². The highest BCUT2D eigenvalue weighted by Crippen LogP contribution is 2.35. The number of sulfone groups is 1. The molecule has 33 heavy (non-hydrogen) atoms. The van der Waals surface area contributed by atoms with Crippen LogP contribution in [0.3, 0.4) is 0 Å². The van der Waals surface area contributed by atoms with Crippen molar-refractivity contribution in [1.29, 1.82) is 0 Å². The predicted molar refractivity (Wildman–Crippen MR) is 131 cm³/mol. The van der Waals surface area contributed by atoms with Gasteiger partial charge in [0, 0.05) is 24.1 Å². The smallest absolute Gasteiger partial charge is 0.185 e. The van der Waals surface area contributed by atoms with Crippen LogP contribution in [0.15, 0.2) is 77.7 Å². The Morgan fingerprint density at radius 1 is 0.939 bits per heavy atom. The van der Waals surface area contributed by atoms with Crippen LogP contribution in [0, 0.1) is 6.92 Å². The second-order valence-electron chi connectivity index (χ2n) is 8.19. The molecule has 0 heterocycles. The van der Waals surface area contributed by atoms with Crippen LogP contribution in [-0.4, -0.2) is 37.3 Å². The molecule has 0 radical (unpaired) electrons. The maximum absolute atomic E-state index is 13.7. The minimum Gasteiger partial charge on any atom is -0.508 e. The summed E-state index contributed by atoms with van der Waals surface area (Å²) >= 11 is 0. The normalized spacial score (nSPS) is 12.6. The zero-order chi connectivity index (χ0) is 24.0. The summed E-state index contributed by atoms with van der Waals surface area (Å²) in [7, 11) is -3.86. The molecule has 0 aliphatic heterocycles. The number of hydrogen-bond donors (Lipinski definition) is 1. The molecule has 6 heteroatoms. The van der Waals surface area contributed by atoms with Crippen molar-refractivity contribution < 1.29 is 18.3 Å². The van der Waals surface area contributed by atoms with Crippen LogP contribution in [0.5, 0.6) is 5.75 Å². The monoisotopic (exact) mass is 465 g/mol.